The maximum Gasteiger partial charge on any atom is 0.122 e. The molecule has 1 aromatic rings. The molecule has 80 valence electrons. The van der Waals surface area contributed by atoms with Gasteiger partial charge in [-0.25, -0.2) is 0 Å². The Hall–Kier alpha value is -1.49. The monoisotopic (exact) mass is 203 g/mol. The zero-order valence-corrected chi connectivity index (χ0v) is 9.58. The summed E-state index contributed by atoms with van der Waals surface area (Å²) in [5.41, 5.74) is 2.39. The number of hydrogen-bond donors (Lipinski definition) is 0. The Balaban J connectivity index is 2.94. The summed E-state index contributed by atoms with van der Waals surface area (Å²) in [7, 11) is 1.68. The Kier molecular flexibility index (Phi) is 4.17. The molecule has 0 aliphatic rings. The summed E-state index contributed by atoms with van der Waals surface area (Å²) in [6.45, 7) is 4.31. The third-order valence-electron chi connectivity index (χ3n) is 2.48. The van der Waals surface area contributed by atoms with Gasteiger partial charge in [-0.05, 0) is 29.5 Å². The summed E-state index contributed by atoms with van der Waals surface area (Å²) >= 11 is 0. The van der Waals surface area contributed by atoms with Crippen LogP contribution in [-0.4, -0.2) is 7.11 Å². The van der Waals surface area contributed by atoms with Crippen LogP contribution < -0.4 is 4.74 Å². The summed E-state index contributed by atoms with van der Waals surface area (Å²) in [6, 6.07) is 8.39. The number of methoxy groups -OCH3 is 1. The second kappa shape index (κ2) is 5.41. The van der Waals surface area contributed by atoms with Gasteiger partial charge in [0, 0.05) is 6.42 Å². The molecule has 0 radical (unpaired) electrons. The molecule has 15 heavy (non-hydrogen) atoms. The summed E-state index contributed by atoms with van der Waals surface area (Å²) < 4.78 is 5.32. The number of ether oxygens (including phenoxy) is 1. The molecule has 0 bridgehead atoms. The van der Waals surface area contributed by atoms with Crippen molar-refractivity contribution in [2.45, 2.75) is 32.6 Å². The molecule has 0 spiro atoms. The molecule has 0 heterocycles. The van der Waals surface area contributed by atoms with Gasteiger partial charge in [0.25, 0.3) is 0 Å². The third-order valence-corrected chi connectivity index (χ3v) is 2.48. The average Bonchev–Trinajstić information content (AvgIpc) is 2.25. The van der Waals surface area contributed by atoms with Crippen LogP contribution in [0.25, 0.3) is 0 Å². The highest BCUT2D eigenvalue weighted by atomic mass is 16.5. The summed E-state index contributed by atoms with van der Waals surface area (Å²) in [4.78, 5) is 0. The fourth-order valence-electron chi connectivity index (χ4n) is 1.52. The van der Waals surface area contributed by atoms with E-state index in [2.05, 4.69) is 38.1 Å². The van der Waals surface area contributed by atoms with E-state index in [0.717, 1.165) is 17.7 Å². The quantitative estimate of drug-likeness (QED) is 0.752. The first-order valence-electron chi connectivity index (χ1n) is 5.22. The van der Waals surface area contributed by atoms with Gasteiger partial charge in [0.15, 0.2) is 0 Å². The number of rotatable bonds is 4. The molecule has 0 amide bonds. The lowest BCUT2D eigenvalue weighted by Gasteiger charge is -2.11. The van der Waals surface area contributed by atoms with Gasteiger partial charge in [0.05, 0.1) is 13.2 Å². The summed E-state index contributed by atoms with van der Waals surface area (Å²) in [5.74, 6) is 1.40. The fraction of sp³-hybridized carbons (Fsp3) is 0.462. The Morgan fingerprint density at radius 1 is 1.40 bits per heavy atom. The molecule has 2 nitrogen and oxygen atoms in total. The van der Waals surface area contributed by atoms with Gasteiger partial charge in [-0.1, -0.05) is 26.0 Å². The third kappa shape index (κ3) is 2.99. The lowest BCUT2D eigenvalue weighted by molar-refractivity contribution is 0.409. The van der Waals surface area contributed by atoms with Gasteiger partial charge in [-0.15, -0.1) is 0 Å². The molecule has 0 atom stereocenters. The van der Waals surface area contributed by atoms with E-state index in [1.54, 1.807) is 7.11 Å². The predicted octanol–water partition coefficient (Wildman–Crippen LogP) is 3.27. The normalized spacial score (nSPS) is 10.1. The molecule has 0 unspecified atom stereocenters. The molecular formula is C13H17NO. The lowest BCUT2D eigenvalue weighted by Crippen LogP contribution is -1.95. The van der Waals surface area contributed by atoms with Crippen LogP contribution in [0.4, 0.5) is 0 Å². The van der Waals surface area contributed by atoms with Crippen LogP contribution >= 0.6 is 0 Å². The minimum Gasteiger partial charge on any atom is -0.496 e. The Morgan fingerprint density at radius 3 is 2.67 bits per heavy atom. The predicted molar refractivity (Wildman–Crippen MR) is 61.0 cm³/mol. The van der Waals surface area contributed by atoms with E-state index >= 15 is 0 Å². The number of nitriles is 1. The van der Waals surface area contributed by atoms with E-state index in [9.17, 15) is 0 Å². The lowest BCUT2D eigenvalue weighted by atomic mass is 9.99. The molecule has 1 aromatic carbocycles. The van der Waals surface area contributed by atoms with E-state index in [1.165, 1.54) is 5.56 Å². The first kappa shape index (κ1) is 11.6. The molecule has 0 fully saturated rings. The fourth-order valence-corrected chi connectivity index (χ4v) is 1.52. The first-order valence-corrected chi connectivity index (χ1v) is 5.22. The van der Waals surface area contributed by atoms with Crippen LogP contribution in [-0.2, 0) is 6.42 Å². The van der Waals surface area contributed by atoms with E-state index in [0.29, 0.717) is 12.3 Å². The van der Waals surface area contributed by atoms with Gasteiger partial charge in [-0.3, -0.25) is 0 Å². The molecule has 0 aliphatic carbocycles. The highest BCUT2D eigenvalue weighted by molar-refractivity contribution is 5.39. The van der Waals surface area contributed by atoms with Crippen LogP contribution in [0.15, 0.2) is 18.2 Å². The minimum absolute atomic E-state index is 0.504. The van der Waals surface area contributed by atoms with Crippen molar-refractivity contribution < 1.29 is 4.74 Å². The highest BCUT2D eigenvalue weighted by Gasteiger charge is 2.06. The molecule has 0 aromatic heterocycles. The maximum atomic E-state index is 8.54. The van der Waals surface area contributed by atoms with Gasteiger partial charge < -0.3 is 4.74 Å². The van der Waals surface area contributed by atoms with E-state index < -0.39 is 0 Å². The van der Waals surface area contributed by atoms with Crippen molar-refractivity contribution >= 4 is 0 Å². The summed E-state index contributed by atoms with van der Waals surface area (Å²) in [5, 5.41) is 8.54. The number of benzene rings is 1. The summed E-state index contributed by atoms with van der Waals surface area (Å²) in [6.07, 6.45) is 1.30. The second-order valence-electron chi connectivity index (χ2n) is 3.88. The second-order valence-corrected chi connectivity index (χ2v) is 3.88. The van der Waals surface area contributed by atoms with Crippen LogP contribution in [0.1, 0.15) is 37.3 Å². The standard InChI is InChI=1S/C13H17NO/c1-10(2)12-7-6-11(5-4-8-14)13(9-12)15-3/h6-7,9-10H,4-5H2,1-3H3. The molecule has 0 saturated heterocycles. The van der Waals surface area contributed by atoms with Gasteiger partial charge in [0.2, 0.25) is 0 Å². The Labute approximate surface area is 91.5 Å². The topological polar surface area (TPSA) is 33.0 Å². The van der Waals surface area contributed by atoms with Crippen molar-refractivity contribution in [2.75, 3.05) is 7.11 Å². The van der Waals surface area contributed by atoms with Crippen molar-refractivity contribution in [3.8, 4) is 11.8 Å². The molecule has 1 rings (SSSR count). The van der Waals surface area contributed by atoms with Gasteiger partial charge >= 0.3 is 0 Å². The molecule has 0 N–H and O–H groups in total. The zero-order valence-electron chi connectivity index (χ0n) is 9.58. The van der Waals surface area contributed by atoms with Gasteiger partial charge in [0.1, 0.15) is 5.75 Å². The largest absolute Gasteiger partial charge is 0.496 e. The van der Waals surface area contributed by atoms with Crippen molar-refractivity contribution in [1.29, 1.82) is 5.26 Å². The van der Waals surface area contributed by atoms with Crippen LogP contribution in [0, 0.1) is 11.3 Å². The maximum absolute atomic E-state index is 8.54. The highest BCUT2D eigenvalue weighted by Crippen LogP contribution is 2.25. The first-order chi connectivity index (χ1) is 7.19. The minimum atomic E-state index is 0.504. The smallest absolute Gasteiger partial charge is 0.122 e. The van der Waals surface area contributed by atoms with Crippen molar-refractivity contribution in [3.63, 3.8) is 0 Å². The van der Waals surface area contributed by atoms with Crippen LogP contribution in [0.5, 0.6) is 5.75 Å². The SMILES string of the molecule is COc1cc(C(C)C)ccc1CCC#N. The van der Waals surface area contributed by atoms with Crippen LogP contribution in [0.3, 0.4) is 0 Å². The molecule has 0 saturated carbocycles. The number of aryl methyl sites for hydroxylation is 1. The molecule has 2 heteroatoms. The van der Waals surface area contributed by atoms with Crippen molar-refractivity contribution in [1.82, 2.24) is 0 Å². The molecular weight excluding hydrogens is 186 g/mol. The van der Waals surface area contributed by atoms with Crippen molar-refractivity contribution in [3.05, 3.63) is 29.3 Å². The van der Waals surface area contributed by atoms with E-state index in [1.807, 2.05) is 0 Å². The van der Waals surface area contributed by atoms with E-state index in [4.69, 9.17) is 10.00 Å². The van der Waals surface area contributed by atoms with E-state index in [-0.39, 0.29) is 0 Å². The van der Waals surface area contributed by atoms with Crippen molar-refractivity contribution in [2.24, 2.45) is 0 Å². The Bertz CT molecular complexity index is 363. The molecule has 0 aliphatic heterocycles. The number of hydrogen-bond acceptors (Lipinski definition) is 2. The zero-order chi connectivity index (χ0) is 11.3. The Morgan fingerprint density at radius 2 is 2.13 bits per heavy atom. The number of nitrogens with zero attached hydrogens (tertiary/aromatic N) is 1. The average molecular weight is 203 g/mol. The van der Waals surface area contributed by atoms with Gasteiger partial charge in [-0.2, -0.15) is 5.26 Å². The van der Waals surface area contributed by atoms with Crippen LogP contribution in [0.2, 0.25) is 0 Å².